The molecule has 1 saturated carbocycles. The molecule has 1 aliphatic carbocycles. The molecule has 0 bridgehead atoms. The van der Waals surface area contributed by atoms with Gasteiger partial charge in [0.1, 0.15) is 0 Å². The van der Waals surface area contributed by atoms with E-state index in [4.69, 9.17) is 0 Å². The van der Waals surface area contributed by atoms with Crippen molar-refractivity contribution >= 4 is 11.8 Å². The van der Waals surface area contributed by atoms with Crippen LogP contribution in [0.3, 0.4) is 0 Å². The molecule has 2 heteroatoms. The third kappa shape index (κ3) is 1.89. The standard InChI is InChI=1S/C11H21NS/c1-4-8-5-9(6-8)12-10-7-13-11(10,2)3/h8-10,12H,4-7H2,1-3H3. The van der Waals surface area contributed by atoms with Crippen molar-refractivity contribution in [3.05, 3.63) is 0 Å². The van der Waals surface area contributed by atoms with E-state index in [1.165, 1.54) is 25.0 Å². The normalized spacial score (nSPS) is 42.2. The molecule has 76 valence electrons. The number of rotatable bonds is 3. The highest BCUT2D eigenvalue weighted by Crippen LogP contribution is 2.41. The molecule has 1 aliphatic heterocycles. The molecule has 0 aromatic carbocycles. The minimum Gasteiger partial charge on any atom is -0.309 e. The summed E-state index contributed by atoms with van der Waals surface area (Å²) in [5.74, 6) is 2.34. The Morgan fingerprint density at radius 3 is 2.46 bits per heavy atom. The number of hydrogen-bond donors (Lipinski definition) is 1. The van der Waals surface area contributed by atoms with E-state index in [1.54, 1.807) is 0 Å². The van der Waals surface area contributed by atoms with E-state index in [-0.39, 0.29) is 0 Å². The van der Waals surface area contributed by atoms with Crippen LogP contribution in [0.1, 0.15) is 40.0 Å². The van der Waals surface area contributed by atoms with E-state index in [2.05, 4.69) is 37.8 Å². The van der Waals surface area contributed by atoms with Crippen LogP contribution in [0.4, 0.5) is 0 Å². The first kappa shape index (κ1) is 9.85. The van der Waals surface area contributed by atoms with Gasteiger partial charge in [0.2, 0.25) is 0 Å². The van der Waals surface area contributed by atoms with Gasteiger partial charge in [-0.2, -0.15) is 11.8 Å². The third-order valence-electron chi connectivity index (χ3n) is 3.71. The molecule has 0 aromatic rings. The highest BCUT2D eigenvalue weighted by Gasteiger charge is 2.42. The maximum atomic E-state index is 3.79. The van der Waals surface area contributed by atoms with Crippen LogP contribution in [-0.4, -0.2) is 22.6 Å². The molecule has 0 amide bonds. The monoisotopic (exact) mass is 199 g/mol. The Morgan fingerprint density at radius 2 is 2.08 bits per heavy atom. The van der Waals surface area contributed by atoms with Gasteiger partial charge in [-0.1, -0.05) is 13.3 Å². The molecule has 1 saturated heterocycles. The van der Waals surface area contributed by atoms with Gasteiger partial charge in [0.15, 0.2) is 0 Å². The maximum Gasteiger partial charge on any atom is 0.0302 e. The molecule has 1 nitrogen and oxygen atoms in total. The molecule has 2 aliphatic rings. The summed E-state index contributed by atoms with van der Waals surface area (Å²) in [7, 11) is 0. The van der Waals surface area contributed by atoms with Gasteiger partial charge in [-0.15, -0.1) is 0 Å². The first-order valence-corrected chi connectivity index (χ1v) is 6.50. The predicted octanol–water partition coefficient (Wildman–Crippen LogP) is 2.66. The second-order valence-corrected chi connectivity index (χ2v) is 6.75. The van der Waals surface area contributed by atoms with Gasteiger partial charge in [0, 0.05) is 22.6 Å². The molecule has 2 fully saturated rings. The van der Waals surface area contributed by atoms with Crippen molar-refractivity contribution in [2.45, 2.75) is 56.9 Å². The maximum absolute atomic E-state index is 3.79. The smallest absolute Gasteiger partial charge is 0.0302 e. The minimum atomic E-state index is 0.497. The second kappa shape index (κ2) is 3.47. The number of nitrogens with one attached hydrogen (secondary N) is 1. The van der Waals surface area contributed by atoms with Gasteiger partial charge in [-0.05, 0) is 32.6 Å². The van der Waals surface area contributed by atoms with Crippen LogP contribution in [0.2, 0.25) is 0 Å². The molecule has 0 radical (unpaired) electrons. The molecule has 1 N–H and O–H groups in total. The topological polar surface area (TPSA) is 12.0 Å². The molecule has 1 atom stereocenters. The minimum absolute atomic E-state index is 0.497. The molecule has 1 heterocycles. The summed E-state index contributed by atoms with van der Waals surface area (Å²) in [5, 5.41) is 3.79. The van der Waals surface area contributed by atoms with E-state index in [9.17, 15) is 0 Å². The van der Waals surface area contributed by atoms with E-state index in [1.807, 2.05) is 0 Å². The average molecular weight is 199 g/mol. The summed E-state index contributed by atoms with van der Waals surface area (Å²) in [6, 6.07) is 1.62. The van der Waals surface area contributed by atoms with Gasteiger partial charge in [0.25, 0.3) is 0 Å². The van der Waals surface area contributed by atoms with Crippen LogP contribution in [0.25, 0.3) is 0 Å². The Kier molecular flexibility index (Phi) is 2.63. The van der Waals surface area contributed by atoms with Gasteiger partial charge in [0.05, 0.1) is 0 Å². The molecule has 0 spiro atoms. The SMILES string of the molecule is CCC1CC(NC2CSC2(C)C)C1. The quantitative estimate of drug-likeness (QED) is 0.750. The Morgan fingerprint density at radius 1 is 1.38 bits per heavy atom. The lowest BCUT2D eigenvalue weighted by Crippen LogP contribution is -2.59. The zero-order chi connectivity index (χ0) is 9.47. The van der Waals surface area contributed by atoms with Crippen molar-refractivity contribution < 1.29 is 0 Å². The Labute approximate surface area is 86.0 Å². The van der Waals surface area contributed by atoms with Crippen LogP contribution < -0.4 is 5.32 Å². The van der Waals surface area contributed by atoms with Crippen molar-refractivity contribution in [3.63, 3.8) is 0 Å². The summed E-state index contributed by atoms with van der Waals surface area (Å²) in [6.45, 7) is 7.02. The molecule has 13 heavy (non-hydrogen) atoms. The molecule has 0 aromatic heterocycles. The number of hydrogen-bond acceptors (Lipinski definition) is 2. The largest absolute Gasteiger partial charge is 0.309 e. The molecular weight excluding hydrogens is 178 g/mol. The van der Waals surface area contributed by atoms with Crippen LogP contribution in [0.15, 0.2) is 0 Å². The van der Waals surface area contributed by atoms with E-state index in [0.29, 0.717) is 4.75 Å². The first-order chi connectivity index (χ1) is 6.12. The first-order valence-electron chi connectivity index (χ1n) is 5.52. The number of thioether (sulfide) groups is 1. The van der Waals surface area contributed by atoms with Crippen LogP contribution >= 0.6 is 11.8 Å². The second-order valence-electron chi connectivity index (χ2n) is 5.08. The van der Waals surface area contributed by atoms with E-state index >= 15 is 0 Å². The zero-order valence-electron chi connectivity index (χ0n) is 8.97. The third-order valence-corrected chi connectivity index (χ3v) is 5.24. The van der Waals surface area contributed by atoms with Gasteiger partial charge >= 0.3 is 0 Å². The summed E-state index contributed by atoms with van der Waals surface area (Å²) < 4.78 is 0.497. The highest BCUT2D eigenvalue weighted by molar-refractivity contribution is 8.02. The predicted molar refractivity (Wildman–Crippen MR) is 60.3 cm³/mol. The van der Waals surface area contributed by atoms with Gasteiger partial charge in [-0.3, -0.25) is 0 Å². The molecular formula is C11H21NS. The van der Waals surface area contributed by atoms with Crippen LogP contribution in [0, 0.1) is 5.92 Å². The fraction of sp³-hybridized carbons (Fsp3) is 1.00. The van der Waals surface area contributed by atoms with Crippen molar-refractivity contribution in [1.29, 1.82) is 0 Å². The van der Waals surface area contributed by atoms with Crippen molar-refractivity contribution in [2.24, 2.45) is 5.92 Å². The van der Waals surface area contributed by atoms with Crippen molar-refractivity contribution in [3.8, 4) is 0 Å². The van der Waals surface area contributed by atoms with Crippen molar-refractivity contribution in [2.75, 3.05) is 5.75 Å². The average Bonchev–Trinajstić information content (AvgIpc) is 2.00. The lowest BCUT2D eigenvalue weighted by Gasteiger charge is -2.48. The Bertz CT molecular complexity index is 185. The highest BCUT2D eigenvalue weighted by atomic mass is 32.2. The zero-order valence-corrected chi connectivity index (χ0v) is 9.79. The van der Waals surface area contributed by atoms with E-state index in [0.717, 1.165) is 18.0 Å². The summed E-state index contributed by atoms with van der Waals surface area (Å²) >= 11 is 2.09. The van der Waals surface area contributed by atoms with Crippen LogP contribution in [0.5, 0.6) is 0 Å². The summed E-state index contributed by atoms with van der Waals surface area (Å²) in [6.07, 6.45) is 4.22. The summed E-state index contributed by atoms with van der Waals surface area (Å²) in [5.41, 5.74) is 0. The lowest BCUT2D eigenvalue weighted by atomic mass is 9.78. The van der Waals surface area contributed by atoms with Crippen LogP contribution in [-0.2, 0) is 0 Å². The Balaban J connectivity index is 1.69. The Hall–Kier alpha value is 0.310. The lowest BCUT2D eigenvalue weighted by molar-refractivity contribution is 0.192. The summed E-state index contributed by atoms with van der Waals surface area (Å²) in [4.78, 5) is 0. The van der Waals surface area contributed by atoms with Crippen molar-refractivity contribution in [1.82, 2.24) is 5.32 Å². The molecule has 1 unspecified atom stereocenters. The van der Waals surface area contributed by atoms with Gasteiger partial charge < -0.3 is 5.32 Å². The van der Waals surface area contributed by atoms with Gasteiger partial charge in [-0.25, -0.2) is 0 Å². The fourth-order valence-corrected chi connectivity index (χ4v) is 3.40. The van der Waals surface area contributed by atoms with E-state index < -0.39 is 0 Å². The fourth-order valence-electron chi connectivity index (χ4n) is 2.24. The molecule has 2 rings (SSSR count).